The molecule has 0 saturated heterocycles. The Morgan fingerprint density at radius 2 is 1.50 bits per heavy atom. The van der Waals surface area contributed by atoms with E-state index in [0.29, 0.717) is 6.54 Å². The minimum Gasteiger partial charge on any atom is -0.342 e. The van der Waals surface area contributed by atoms with Crippen molar-refractivity contribution in [3.8, 4) is 0 Å². The lowest BCUT2D eigenvalue weighted by Gasteiger charge is -2.35. The normalized spacial score (nSPS) is 11.6. The number of nitrogens with zero attached hydrogens (tertiary/aromatic N) is 1. The molecule has 0 aliphatic carbocycles. The average Bonchev–Trinajstić information content (AvgIpc) is 2.31. The Kier molecular flexibility index (Phi) is 7.39. The number of hydrogen-bond donors (Lipinski definition) is 1. The van der Waals surface area contributed by atoms with E-state index >= 15 is 0 Å². The minimum atomic E-state index is -0.329. The summed E-state index contributed by atoms with van der Waals surface area (Å²) in [6, 6.07) is 0. The van der Waals surface area contributed by atoms with Crippen LogP contribution in [0.15, 0.2) is 0 Å². The molecular formula is C13H28N2O. The van der Waals surface area contributed by atoms with Crippen LogP contribution in [0.4, 0.5) is 0 Å². The summed E-state index contributed by atoms with van der Waals surface area (Å²) >= 11 is 0. The van der Waals surface area contributed by atoms with Gasteiger partial charge in [-0.3, -0.25) is 4.79 Å². The molecule has 1 amide bonds. The van der Waals surface area contributed by atoms with Crippen LogP contribution in [0.3, 0.4) is 0 Å². The molecule has 0 bridgehead atoms. The topological polar surface area (TPSA) is 46.3 Å². The number of amides is 1. The first-order valence-corrected chi connectivity index (χ1v) is 6.61. The van der Waals surface area contributed by atoms with E-state index < -0.39 is 0 Å². The highest BCUT2D eigenvalue weighted by Gasteiger charge is 2.36. The molecule has 96 valence electrons. The van der Waals surface area contributed by atoms with E-state index in [1.807, 2.05) is 4.90 Å². The molecule has 0 aliphatic heterocycles. The number of carbonyl (C=O) groups excluding carboxylic acids is 1. The Bertz CT molecular complexity index is 186. The highest BCUT2D eigenvalue weighted by atomic mass is 16.2. The van der Waals surface area contributed by atoms with Crippen molar-refractivity contribution in [1.29, 1.82) is 0 Å². The van der Waals surface area contributed by atoms with Crippen molar-refractivity contribution in [2.75, 3.05) is 19.6 Å². The first-order chi connectivity index (χ1) is 7.61. The average molecular weight is 228 g/mol. The predicted octanol–water partition coefficient (Wildman–Crippen LogP) is 2.40. The molecule has 0 aromatic heterocycles. The SMILES string of the molecule is CCCN(CCC)C(=O)C(CC)(CC)CN. The van der Waals surface area contributed by atoms with Gasteiger partial charge in [0.05, 0.1) is 5.41 Å². The zero-order chi connectivity index (χ0) is 12.6. The van der Waals surface area contributed by atoms with Crippen LogP contribution in [0.2, 0.25) is 0 Å². The van der Waals surface area contributed by atoms with E-state index in [1.54, 1.807) is 0 Å². The fourth-order valence-corrected chi connectivity index (χ4v) is 2.12. The maximum atomic E-state index is 12.5. The van der Waals surface area contributed by atoms with Crippen LogP contribution in [0, 0.1) is 5.41 Å². The van der Waals surface area contributed by atoms with Crippen LogP contribution in [-0.2, 0) is 4.79 Å². The minimum absolute atomic E-state index is 0.253. The van der Waals surface area contributed by atoms with E-state index in [4.69, 9.17) is 5.73 Å². The molecule has 0 aromatic carbocycles. The smallest absolute Gasteiger partial charge is 0.230 e. The summed E-state index contributed by atoms with van der Waals surface area (Å²) < 4.78 is 0. The summed E-state index contributed by atoms with van der Waals surface area (Å²) in [5, 5.41) is 0. The summed E-state index contributed by atoms with van der Waals surface area (Å²) in [7, 11) is 0. The van der Waals surface area contributed by atoms with Gasteiger partial charge in [-0.25, -0.2) is 0 Å². The number of rotatable bonds is 8. The van der Waals surface area contributed by atoms with Crippen molar-refractivity contribution in [3.63, 3.8) is 0 Å². The molecule has 0 fully saturated rings. The third-order valence-corrected chi connectivity index (χ3v) is 3.47. The third-order valence-electron chi connectivity index (χ3n) is 3.47. The van der Waals surface area contributed by atoms with Gasteiger partial charge in [0.1, 0.15) is 0 Å². The van der Waals surface area contributed by atoms with E-state index in [-0.39, 0.29) is 11.3 Å². The molecule has 0 unspecified atom stereocenters. The molecule has 0 aliphatic rings. The lowest BCUT2D eigenvalue weighted by Crippen LogP contribution is -2.48. The van der Waals surface area contributed by atoms with E-state index in [1.165, 1.54) is 0 Å². The molecule has 0 saturated carbocycles. The molecule has 0 atom stereocenters. The van der Waals surface area contributed by atoms with Gasteiger partial charge < -0.3 is 10.6 Å². The van der Waals surface area contributed by atoms with Gasteiger partial charge in [-0.1, -0.05) is 27.7 Å². The van der Waals surface area contributed by atoms with Crippen molar-refractivity contribution >= 4 is 5.91 Å². The Morgan fingerprint density at radius 3 is 1.75 bits per heavy atom. The summed E-state index contributed by atoms with van der Waals surface area (Å²) in [6.07, 6.45) is 3.70. The van der Waals surface area contributed by atoms with Crippen molar-refractivity contribution < 1.29 is 4.79 Å². The fraction of sp³-hybridized carbons (Fsp3) is 0.923. The van der Waals surface area contributed by atoms with Gasteiger partial charge in [-0.15, -0.1) is 0 Å². The van der Waals surface area contributed by atoms with Crippen LogP contribution < -0.4 is 5.73 Å². The molecule has 2 N–H and O–H groups in total. The molecule has 16 heavy (non-hydrogen) atoms. The number of nitrogens with two attached hydrogens (primary N) is 1. The van der Waals surface area contributed by atoms with Crippen molar-refractivity contribution in [1.82, 2.24) is 4.90 Å². The van der Waals surface area contributed by atoms with E-state index in [2.05, 4.69) is 27.7 Å². The molecule has 3 nitrogen and oxygen atoms in total. The lowest BCUT2D eigenvalue weighted by atomic mass is 9.81. The van der Waals surface area contributed by atoms with Crippen molar-refractivity contribution in [2.45, 2.75) is 53.4 Å². The predicted molar refractivity (Wildman–Crippen MR) is 69.2 cm³/mol. The lowest BCUT2D eigenvalue weighted by molar-refractivity contribution is -0.142. The Morgan fingerprint density at radius 1 is 1.06 bits per heavy atom. The third kappa shape index (κ3) is 3.48. The Labute approximate surface area is 100 Å². The molecule has 0 spiro atoms. The molecular weight excluding hydrogens is 200 g/mol. The molecule has 0 rings (SSSR count). The number of carbonyl (C=O) groups is 1. The molecule has 0 radical (unpaired) electrons. The molecule has 3 heteroatoms. The Hall–Kier alpha value is -0.570. The van der Waals surface area contributed by atoms with Gasteiger partial charge >= 0.3 is 0 Å². The van der Waals surface area contributed by atoms with Gasteiger partial charge in [0.15, 0.2) is 0 Å². The van der Waals surface area contributed by atoms with Crippen molar-refractivity contribution in [2.24, 2.45) is 11.1 Å². The monoisotopic (exact) mass is 228 g/mol. The van der Waals surface area contributed by atoms with E-state index in [9.17, 15) is 4.79 Å². The maximum absolute atomic E-state index is 12.5. The fourth-order valence-electron chi connectivity index (χ4n) is 2.12. The summed E-state index contributed by atoms with van der Waals surface area (Å²) in [4.78, 5) is 14.5. The highest BCUT2D eigenvalue weighted by Crippen LogP contribution is 2.27. The second kappa shape index (κ2) is 7.66. The van der Waals surface area contributed by atoms with Gasteiger partial charge in [0.2, 0.25) is 5.91 Å². The highest BCUT2D eigenvalue weighted by molar-refractivity contribution is 5.83. The number of hydrogen-bond acceptors (Lipinski definition) is 2. The second-order valence-electron chi connectivity index (χ2n) is 4.48. The summed E-state index contributed by atoms with van der Waals surface area (Å²) in [5.74, 6) is 0.253. The zero-order valence-electron chi connectivity index (χ0n) is 11.4. The standard InChI is InChI=1S/C13H28N2O/c1-5-9-15(10-6-2)12(16)13(7-3,8-4)11-14/h5-11,14H2,1-4H3. The second-order valence-corrected chi connectivity index (χ2v) is 4.48. The quantitative estimate of drug-likeness (QED) is 0.693. The van der Waals surface area contributed by atoms with E-state index in [0.717, 1.165) is 38.8 Å². The Balaban J connectivity index is 4.78. The molecule has 0 aromatic rings. The first-order valence-electron chi connectivity index (χ1n) is 6.61. The van der Waals surface area contributed by atoms with Crippen LogP contribution in [0.1, 0.15) is 53.4 Å². The van der Waals surface area contributed by atoms with Crippen molar-refractivity contribution in [3.05, 3.63) is 0 Å². The summed E-state index contributed by atoms with van der Waals surface area (Å²) in [6.45, 7) is 10.5. The van der Waals surface area contributed by atoms with Crippen LogP contribution in [0.25, 0.3) is 0 Å². The van der Waals surface area contributed by atoms with Crippen LogP contribution in [-0.4, -0.2) is 30.4 Å². The zero-order valence-corrected chi connectivity index (χ0v) is 11.4. The van der Waals surface area contributed by atoms with Gasteiger partial charge in [0, 0.05) is 19.6 Å². The van der Waals surface area contributed by atoms with Gasteiger partial charge in [-0.05, 0) is 25.7 Å². The van der Waals surface area contributed by atoms with Gasteiger partial charge in [0.25, 0.3) is 0 Å². The largest absolute Gasteiger partial charge is 0.342 e. The van der Waals surface area contributed by atoms with Gasteiger partial charge in [-0.2, -0.15) is 0 Å². The maximum Gasteiger partial charge on any atom is 0.230 e. The summed E-state index contributed by atoms with van der Waals surface area (Å²) in [5.41, 5.74) is 5.48. The van der Waals surface area contributed by atoms with Crippen LogP contribution in [0.5, 0.6) is 0 Å². The van der Waals surface area contributed by atoms with Crippen LogP contribution >= 0.6 is 0 Å². The first kappa shape index (κ1) is 15.4. The molecule has 0 heterocycles.